The van der Waals surface area contributed by atoms with Crippen LogP contribution in [0.25, 0.3) is 22.3 Å². The molecule has 31 heavy (non-hydrogen) atoms. The number of aromatic hydroxyl groups is 1. The predicted molar refractivity (Wildman–Crippen MR) is 115 cm³/mol. The molecule has 0 atom stereocenters. The molecule has 0 aliphatic rings. The van der Waals surface area contributed by atoms with Gasteiger partial charge in [-0.15, -0.1) is 5.10 Å². The lowest BCUT2D eigenvalue weighted by Gasteiger charge is -2.12. The van der Waals surface area contributed by atoms with Crippen molar-refractivity contribution in [2.24, 2.45) is 4.99 Å². The molecule has 5 rings (SSSR count). The van der Waals surface area contributed by atoms with Crippen LogP contribution in [-0.4, -0.2) is 41.1 Å². The monoisotopic (exact) mass is 409 g/mol. The number of aromatic nitrogens is 6. The van der Waals surface area contributed by atoms with E-state index in [2.05, 4.69) is 25.5 Å². The molecule has 2 aromatic carbocycles. The molecule has 150 valence electrons. The molecule has 0 aliphatic carbocycles. The maximum Gasteiger partial charge on any atom is 0.267 e. The van der Waals surface area contributed by atoms with Crippen molar-refractivity contribution < 1.29 is 5.11 Å². The van der Waals surface area contributed by atoms with E-state index in [1.807, 2.05) is 24.3 Å². The second kappa shape index (κ2) is 7.64. The first-order valence-electron chi connectivity index (χ1n) is 9.38. The van der Waals surface area contributed by atoms with E-state index in [0.717, 1.165) is 5.69 Å². The van der Waals surface area contributed by atoms with Crippen molar-refractivity contribution in [1.29, 1.82) is 0 Å². The van der Waals surface area contributed by atoms with E-state index in [9.17, 15) is 9.90 Å². The van der Waals surface area contributed by atoms with Gasteiger partial charge in [0.05, 0.1) is 16.9 Å². The molecule has 9 heteroatoms. The Morgan fingerprint density at radius 2 is 1.81 bits per heavy atom. The Hall–Kier alpha value is -4.66. The molecule has 0 amide bonds. The van der Waals surface area contributed by atoms with E-state index < -0.39 is 0 Å². The van der Waals surface area contributed by atoms with Crippen molar-refractivity contribution in [3.8, 4) is 17.4 Å². The third-order valence-electron chi connectivity index (χ3n) is 4.77. The molecule has 0 saturated carbocycles. The SMILES string of the molecule is O=c1c2ccccc2c(C=Nc2cccc(-n3cnnn3)c2)c(O)n1-c1ccccn1. The lowest BCUT2D eigenvalue weighted by molar-refractivity contribution is 0.435. The number of hydrogen-bond donors (Lipinski definition) is 1. The fourth-order valence-electron chi connectivity index (χ4n) is 3.32. The summed E-state index contributed by atoms with van der Waals surface area (Å²) in [7, 11) is 0. The van der Waals surface area contributed by atoms with Crippen LogP contribution in [-0.2, 0) is 0 Å². The van der Waals surface area contributed by atoms with Crippen LogP contribution in [0.3, 0.4) is 0 Å². The Morgan fingerprint density at radius 1 is 0.968 bits per heavy atom. The molecule has 0 aliphatic heterocycles. The fourth-order valence-corrected chi connectivity index (χ4v) is 3.32. The molecule has 1 N–H and O–H groups in total. The van der Waals surface area contributed by atoms with Crippen molar-refractivity contribution in [2.75, 3.05) is 0 Å². The lowest BCUT2D eigenvalue weighted by atomic mass is 10.1. The van der Waals surface area contributed by atoms with Gasteiger partial charge in [0.1, 0.15) is 12.1 Å². The Balaban J connectivity index is 1.67. The minimum atomic E-state index is -0.357. The van der Waals surface area contributed by atoms with Gasteiger partial charge in [0, 0.05) is 23.2 Å². The van der Waals surface area contributed by atoms with Crippen molar-refractivity contribution >= 4 is 22.7 Å². The molecule has 0 fully saturated rings. The minimum absolute atomic E-state index is 0.234. The zero-order valence-corrected chi connectivity index (χ0v) is 16.1. The second-order valence-electron chi connectivity index (χ2n) is 6.64. The molecule has 0 spiro atoms. The highest BCUT2D eigenvalue weighted by Gasteiger charge is 2.16. The predicted octanol–water partition coefficient (Wildman–Crippen LogP) is 2.82. The number of fused-ring (bicyclic) bond motifs is 1. The van der Waals surface area contributed by atoms with Crippen molar-refractivity contribution in [3.05, 3.63) is 95.2 Å². The van der Waals surface area contributed by atoms with E-state index in [1.165, 1.54) is 21.8 Å². The highest BCUT2D eigenvalue weighted by Crippen LogP contribution is 2.26. The summed E-state index contributed by atoms with van der Waals surface area (Å²) in [5.41, 5.74) is 1.43. The average molecular weight is 409 g/mol. The molecule has 3 heterocycles. The number of benzene rings is 2. The van der Waals surface area contributed by atoms with Crippen LogP contribution in [0.2, 0.25) is 0 Å². The number of hydrogen-bond acceptors (Lipinski definition) is 7. The van der Waals surface area contributed by atoms with Gasteiger partial charge in [-0.3, -0.25) is 9.79 Å². The minimum Gasteiger partial charge on any atom is -0.494 e. The molecule has 0 radical (unpaired) electrons. The Labute approximate surface area is 175 Å². The summed E-state index contributed by atoms with van der Waals surface area (Å²) < 4.78 is 2.70. The molecular weight excluding hydrogens is 394 g/mol. The largest absolute Gasteiger partial charge is 0.494 e. The zero-order chi connectivity index (χ0) is 21.2. The summed E-state index contributed by atoms with van der Waals surface area (Å²) >= 11 is 0. The normalized spacial score (nSPS) is 11.4. The van der Waals surface area contributed by atoms with Gasteiger partial charge in [-0.05, 0) is 46.8 Å². The summed E-state index contributed by atoms with van der Waals surface area (Å²) in [4.78, 5) is 21.8. The van der Waals surface area contributed by atoms with Crippen LogP contribution in [0, 0.1) is 0 Å². The van der Waals surface area contributed by atoms with E-state index in [-0.39, 0.29) is 11.4 Å². The summed E-state index contributed by atoms with van der Waals surface area (Å²) in [6.07, 6.45) is 4.59. The molecule has 0 unspecified atom stereocenters. The Kier molecular flexibility index (Phi) is 4.53. The highest BCUT2D eigenvalue weighted by atomic mass is 16.3. The van der Waals surface area contributed by atoms with Gasteiger partial charge < -0.3 is 5.11 Å². The van der Waals surface area contributed by atoms with E-state index in [1.54, 1.807) is 48.7 Å². The number of aliphatic imine (C=N–C) groups is 1. The van der Waals surface area contributed by atoms with Crippen molar-refractivity contribution in [1.82, 2.24) is 29.8 Å². The number of pyridine rings is 2. The van der Waals surface area contributed by atoms with E-state index in [0.29, 0.717) is 27.8 Å². The third kappa shape index (κ3) is 3.33. The van der Waals surface area contributed by atoms with Crippen LogP contribution in [0.15, 0.2) is 89.0 Å². The van der Waals surface area contributed by atoms with E-state index in [4.69, 9.17) is 0 Å². The van der Waals surface area contributed by atoms with Crippen LogP contribution >= 0.6 is 0 Å². The zero-order valence-electron chi connectivity index (χ0n) is 16.1. The van der Waals surface area contributed by atoms with Crippen molar-refractivity contribution in [3.63, 3.8) is 0 Å². The van der Waals surface area contributed by atoms with Crippen LogP contribution < -0.4 is 5.56 Å². The fraction of sp³-hybridized carbons (Fsp3) is 0. The number of nitrogens with zero attached hydrogens (tertiary/aromatic N) is 7. The number of rotatable bonds is 4. The van der Waals surface area contributed by atoms with Crippen LogP contribution in [0.4, 0.5) is 5.69 Å². The third-order valence-corrected chi connectivity index (χ3v) is 4.77. The van der Waals surface area contributed by atoms with Crippen LogP contribution in [0.5, 0.6) is 5.88 Å². The second-order valence-corrected chi connectivity index (χ2v) is 6.64. The first kappa shape index (κ1) is 18.4. The first-order chi connectivity index (χ1) is 15.2. The summed E-state index contributed by atoms with van der Waals surface area (Å²) in [6.45, 7) is 0. The molecule has 5 aromatic rings. The van der Waals surface area contributed by atoms with Gasteiger partial charge in [0.2, 0.25) is 5.88 Å². The quantitative estimate of drug-likeness (QED) is 0.457. The first-order valence-corrected chi connectivity index (χ1v) is 9.38. The van der Waals surface area contributed by atoms with Crippen molar-refractivity contribution in [2.45, 2.75) is 0 Å². The van der Waals surface area contributed by atoms with Gasteiger partial charge in [-0.25, -0.2) is 14.2 Å². The average Bonchev–Trinajstić information content (AvgIpc) is 3.35. The molecule has 0 bridgehead atoms. The van der Waals surface area contributed by atoms with Crippen LogP contribution in [0.1, 0.15) is 5.56 Å². The lowest BCUT2D eigenvalue weighted by Crippen LogP contribution is -2.20. The van der Waals surface area contributed by atoms with Gasteiger partial charge in [-0.2, -0.15) is 0 Å². The summed E-state index contributed by atoms with van der Waals surface area (Å²) in [5, 5.41) is 23.2. The maximum atomic E-state index is 13.0. The highest BCUT2D eigenvalue weighted by molar-refractivity contribution is 6.02. The molecule has 9 nitrogen and oxygen atoms in total. The molecule has 3 aromatic heterocycles. The Bertz CT molecular complexity index is 1460. The molecular formula is C22H15N7O2. The smallest absolute Gasteiger partial charge is 0.267 e. The molecule has 0 saturated heterocycles. The standard InChI is InChI=1S/C22H15N7O2/c30-21-18-9-2-1-8-17(18)19(22(31)29(21)20-10-3-4-11-23-20)13-24-15-6-5-7-16(12-15)28-14-25-26-27-28/h1-14,31H. The Morgan fingerprint density at radius 3 is 2.58 bits per heavy atom. The summed E-state index contributed by atoms with van der Waals surface area (Å²) in [6, 6.07) is 19.5. The van der Waals surface area contributed by atoms with Gasteiger partial charge in [-0.1, -0.05) is 30.3 Å². The van der Waals surface area contributed by atoms with Gasteiger partial charge >= 0.3 is 0 Å². The number of tetrazole rings is 1. The van der Waals surface area contributed by atoms with Gasteiger partial charge in [0.15, 0.2) is 0 Å². The summed E-state index contributed by atoms with van der Waals surface area (Å²) in [5.74, 6) is 0.0915. The van der Waals surface area contributed by atoms with Gasteiger partial charge in [0.25, 0.3) is 5.56 Å². The topological polar surface area (TPSA) is 111 Å². The van der Waals surface area contributed by atoms with E-state index >= 15 is 0 Å². The maximum absolute atomic E-state index is 13.0.